The van der Waals surface area contributed by atoms with Gasteiger partial charge in [0.25, 0.3) is 0 Å². The van der Waals surface area contributed by atoms with Gasteiger partial charge < -0.3 is 10.4 Å². The maximum absolute atomic E-state index is 9.81. The zero-order valence-corrected chi connectivity index (χ0v) is 7.14. The van der Waals surface area contributed by atoms with Crippen LogP contribution < -0.4 is 5.32 Å². The predicted octanol–water partition coefficient (Wildman–Crippen LogP) is 1.09. The van der Waals surface area contributed by atoms with Crippen LogP contribution >= 0.6 is 0 Å². The van der Waals surface area contributed by atoms with E-state index in [1.165, 1.54) is 0 Å². The van der Waals surface area contributed by atoms with Crippen LogP contribution in [0.5, 0.6) is 0 Å². The maximum atomic E-state index is 9.81. The van der Waals surface area contributed by atoms with Crippen LogP contribution in [0.25, 0.3) is 0 Å². The predicted molar refractivity (Wildman–Crippen MR) is 48.5 cm³/mol. The SMILES string of the molecule is C=CCC(O)(CC=C)CNC. The molecule has 64 valence electrons. The molecule has 11 heavy (non-hydrogen) atoms. The van der Waals surface area contributed by atoms with Crippen LogP contribution in [0.2, 0.25) is 0 Å². The van der Waals surface area contributed by atoms with Crippen molar-refractivity contribution in [3.63, 3.8) is 0 Å². The highest BCUT2D eigenvalue weighted by atomic mass is 16.3. The second kappa shape index (κ2) is 5.10. The highest BCUT2D eigenvalue weighted by Gasteiger charge is 2.21. The molecule has 0 aliphatic rings. The Labute approximate surface area is 68.6 Å². The van der Waals surface area contributed by atoms with Gasteiger partial charge in [0.1, 0.15) is 0 Å². The Morgan fingerprint density at radius 2 is 1.82 bits per heavy atom. The Hall–Kier alpha value is -0.600. The molecule has 2 heteroatoms. The molecule has 0 saturated heterocycles. The molecular formula is C9H17NO. The van der Waals surface area contributed by atoms with Crippen molar-refractivity contribution in [3.05, 3.63) is 25.3 Å². The highest BCUT2D eigenvalue weighted by Crippen LogP contribution is 2.14. The molecular weight excluding hydrogens is 138 g/mol. The first kappa shape index (κ1) is 10.4. The Kier molecular flexibility index (Phi) is 4.83. The number of aliphatic hydroxyl groups is 1. The van der Waals surface area contributed by atoms with Crippen molar-refractivity contribution in [1.82, 2.24) is 5.32 Å². The first-order valence-electron chi connectivity index (χ1n) is 3.77. The third-order valence-electron chi connectivity index (χ3n) is 1.55. The number of nitrogens with one attached hydrogen (secondary N) is 1. The quantitative estimate of drug-likeness (QED) is 0.563. The summed E-state index contributed by atoms with van der Waals surface area (Å²) >= 11 is 0. The smallest absolute Gasteiger partial charge is 0.0839 e. The average Bonchev–Trinajstić information content (AvgIpc) is 1.88. The summed E-state index contributed by atoms with van der Waals surface area (Å²) in [5.41, 5.74) is -0.696. The van der Waals surface area contributed by atoms with Crippen molar-refractivity contribution in [2.75, 3.05) is 13.6 Å². The molecule has 0 fully saturated rings. The topological polar surface area (TPSA) is 32.3 Å². The molecule has 0 bridgehead atoms. The van der Waals surface area contributed by atoms with Crippen molar-refractivity contribution in [2.24, 2.45) is 0 Å². The molecule has 0 aromatic rings. The van der Waals surface area contributed by atoms with E-state index in [1.807, 2.05) is 7.05 Å². The Balaban J connectivity index is 3.98. The molecule has 0 aliphatic carbocycles. The van der Waals surface area contributed by atoms with E-state index in [0.29, 0.717) is 19.4 Å². The van der Waals surface area contributed by atoms with E-state index in [2.05, 4.69) is 18.5 Å². The van der Waals surface area contributed by atoms with Gasteiger partial charge in [-0.05, 0) is 19.9 Å². The first-order valence-corrected chi connectivity index (χ1v) is 3.77. The van der Waals surface area contributed by atoms with Crippen molar-refractivity contribution in [3.8, 4) is 0 Å². The normalized spacial score (nSPS) is 11.1. The average molecular weight is 155 g/mol. The molecule has 0 atom stereocenters. The maximum Gasteiger partial charge on any atom is 0.0839 e. The Bertz CT molecular complexity index is 122. The Morgan fingerprint density at radius 3 is 2.09 bits per heavy atom. The lowest BCUT2D eigenvalue weighted by molar-refractivity contribution is 0.0484. The van der Waals surface area contributed by atoms with Crippen LogP contribution in [-0.2, 0) is 0 Å². The zero-order valence-electron chi connectivity index (χ0n) is 7.14. The minimum absolute atomic E-state index is 0.574. The van der Waals surface area contributed by atoms with E-state index in [0.717, 1.165) is 0 Å². The molecule has 0 heterocycles. The lowest BCUT2D eigenvalue weighted by atomic mass is 9.96. The van der Waals surface area contributed by atoms with Crippen molar-refractivity contribution < 1.29 is 5.11 Å². The fourth-order valence-corrected chi connectivity index (χ4v) is 1.09. The van der Waals surface area contributed by atoms with Crippen LogP contribution in [0.3, 0.4) is 0 Å². The van der Waals surface area contributed by atoms with Crippen LogP contribution in [0.1, 0.15) is 12.8 Å². The lowest BCUT2D eigenvalue weighted by Crippen LogP contribution is -2.38. The summed E-state index contributed by atoms with van der Waals surface area (Å²) < 4.78 is 0. The summed E-state index contributed by atoms with van der Waals surface area (Å²) in [6.45, 7) is 7.75. The summed E-state index contributed by atoms with van der Waals surface area (Å²) in [4.78, 5) is 0. The van der Waals surface area contributed by atoms with Gasteiger partial charge in [-0.3, -0.25) is 0 Å². The van der Waals surface area contributed by atoms with E-state index in [4.69, 9.17) is 0 Å². The zero-order chi connectivity index (χ0) is 8.74. The molecule has 0 rings (SSSR count). The third kappa shape index (κ3) is 3.96. The number of rotatable bonds is 6. The minimum atomic E-state index is -0.696. The molecule has 0 aliphatic heterocycles. The van der Waals surface area contributed by atoms with Gasteiger partial charge in [0.2, 0.25) is 0 Å². The van der Waals surface area contributed by atoms with Gasteiger partial charge in [-0.25, -0.2) is 0 Å². The molecule has 0 aromatic heterocycles. The molecule has 0 radical (unpaired) electrons. The van der Waals surface area contributed by atoms with Crippen molar-refractivity contribution >= 4 is 0 Å². The largest absolute Gasteiger partial charge is 0.388 e. The van der Waals surface area contributed by atoms with Crippen LogP contribution in [0.4, 0.5) is 0 Å². The molecule has 0 unspecified atom stereocenters. The molecule has 2 N–H and O–H groups in total. The lowest BCUT2D eigenvalue weighted by Gasteiger charge is -2.24. The minimum Gasteiger partial charge on any atom is -0.388 e. The summed E-state index contributed by atoms with van der Waals surface area (Å²) in [7, 11) is 1.82. The molecule has 0 saturated carbocycles. The number of hydrogen-bond donors (Lipinski definition) is 2. The van der Waals surface area contributed by atoms with Gasteiger partial charge in [0.15, 0.2) is 0 Å². The standard InChI is InChI=1S/C9H17NO/c1-4-6-9(11,7-5-2)8-10-3/h4-5,10-11H,1-2,6-8H2,3H3. The fraction of sp³-hybridized carbons (Fsp3) is 0.556. The van der Waals surface area contributed by atoms with Crippen LogP contribution in [-0.4, -0.2) is 24.3 Å². The first-order chi connectivity index (χ1) is 5.18. The fourth-order valence-electron chi connectivity index (χ4n) is 1.09. The van der Waals surface area contributed by atoms with E-state index in [-0.39, 0.29) is 0 Å². The third-order valence-corrected chi connectivity index (χ3v) is 1.55. The number of likely N-dealkylation sites (N-methyl/N-ethyl adjacent to an activating group) is 1. The van der Waals surface area contributed by atoms with Gasteiger partial charge >= 0.3 is 0 Å². The van der Waals surface area contributed by atoms with Gasteiger partial charge in [0, 0.05) is 6.54 Å². The van der Waals surface area contributed by atoms with Crippen molar-refractivity contribution in [2.45, 2.75) is 18.4 Å². The molecule has 0 aromatic carbocycles. The second-order valence-electron chi connectivity index (χ2n) is 2.74. The van der Waals surface area contributed by atoms with Crippen LogP contribution in [0.15, 0.2) is 25.3 Å². The Morgan fingerprint density at radius 1 is 1.36 bits per heavy atom. The second-order valence-corrected chi connectivity index (χ2v) is 2.74. The van der Waals surface area contributed by atoms with Gasteiger partial charge in [-0.15, -0.1) is 13.2 Å². The summed E-state index contributed by atoms with van der Waals surface area (Å²) in [6.07, 6.45) is 4.64. The molecule has 2 nitrogen and oxygen atoms in total. The summed E-state index contributed by atoms with van der Waals surface area (Å²) in [5.74, 6) is 0. The van der Waals surface area contributed by atoms with Gasteiger partial charge in [-0.2, -0.15) is 0 Å². The summed E-state index contributed by atoms with van der Waals surface area (Å²) in [5, 5.41) is 12.7. The van der Waals surface area contributed by atoms with E-state index in [1.54, 1.807) is 12.2 Å². The van der Waals surface area contributed by atoms with Gasteiger partial charge in [0.05, 0.1) is 5.60 Å². The van der Waals surface area contributed by atoms with Gasteiger partial charge in [-0.1, -0.05) is 12.2 Å². The molecule has 0 spiro atoms. The van der Waals surface area contributed by atoms with E-state index < -0.39 is 5.60 Å². The number of hydrogen-bond acceptors (Lipinski definition) is 2. The monoisotopic (exact) mass is 155 g/mol. The van der Waals surface area contributed by atoms with Crippen LogP contribution in [0, 0.1) is 0 Å². The summed E-state index contributed by atoms with van der Waals surface area (Å²) in [6, 6.07) is 0. The molecule has 0 amide bonds. The van der Waals surface area contributed by atoms with E-state index >= 15 is 0 Å². The van der Waals surface area contributed by atoms with Crippen molar-refractivity contribution in [1.29, 1.82) is 0 Å². The van der Waals surface area contributed by atoms with E-state index in [9.17, 15) is 5.11 Å². The highest BCUT2D eigenvalue weighted by molar-refractivity contribution is 4.92.